The molecule has 0 radical (unpaired) electrons. The summed E-state index contributed by atoms with van der Waals surface area (Å²) in [6.45, 7) is 1.72. The molecule has 0 aliphatic carbocycles. The molecule has 2 aromatic rings. The number of hydrogen-bond donors (Lipinski definition) is 6. The van der Waals surface area contributed by atoms with Crippen LogP contribution in [0.2, 0.25) is 5.02 Å². The number of rotatable bonds is 11. The maximum absolute atomic E-state index is 13.2. The molecule has 11 nitrogen and oxygen atoms in total. The van der Waals surface area contributed by atoms with Crippen molar-refractivity contribution in [2.24, 2.45) is 11.5 Å². The number of carbonyl (C=O) groups is 4. The highest BCUT2D eigenvalue weighted by Gasteiger charge is 2.26. The summed E-state index contributed by atoms with van der Waals surface area (Å²) in [7, 11) is 1.52. The van der Waals surface area contributed by atoms with Crippen LogP contribution < -0.4 is 37.7 Å². The lowest BCUT2D eigenvalue weighted by Gasteiger charge is -2.23. The second kappa shape index (κ2) is 13.9. The molecule has 3 atom stereocenters. The van der Waals surface area contributed by atoms with Gasteiger partial charge < -0.3 is 26.8 Å². The molecule has 0 fully saturated rings. The minimum atomic E-state index is -1.12. The molecule has 0 aromatic heterocycles. The zero-order chi connectivity index (χ0) is 26.7. The molecule has 0 aliphatic heterocycles. The first kappa shape index (κ1) is 28.4. The fourth-order valence-corrected chi connectivity index (χ4v) is 3.31. The van der Waals surface area contributed by atoms with E-state index in [1.165, 1.54) is 7.11 Å². The van der Waals surface area contributed by atoms with Crippen LogP contribution in [0.25, 0.3) is 0 Å². The van der Waals surface area contributed by atoms with Gasteiger partial charge in [0.25, 0.3) is 5.91 Å². The Morgan fingerprint density at radius 1 is 0.917 bits per heavy atom. The number of nitrogens with two attached hydrogens (primary N) is 2. The number of ether oxygens (including phenoxy) is 1. The normalized spacial score (nSPS) is 13.0. The van der Waals surface area contributed by atoms with E-state index in [1.54, 1.807) is 55.5 Å². The van der Waals surface area contributed by atoms with E-state index in [1.807, 2.05) is 0 Å². The molecule has 2 rings (SSSR count). The number of hydrogen-bond acceptors (Lipinski definition) is 6. The Hall–Kier alpha value is -3.83. The molecule has 36 heavy (non-hydrogen) atoms. The Morgan fingerprint density at radius 2 is 1.58 bits per heavy atom. The largest absolute Gasteiger partial charge is 0.497 e. The van der Waals surface area contributed by atoms with E-state index in [0.717, 1.165) is 0 Å². The summed E-state index contributed by atoms with van der Waals surface area (Å²) >= 11 is 5.94. The average Bonchev–Trinajstić information content (AvgIpc) is 2.87. The lowest BCUT2D eigenvalue weighted by molar-refractivity contribution is -0.128. The molecule has 0 bridgehead atoms. The van der Waals surface area contributed by atoms with E-state index < -0.39 is 41.9 Å². The third kappa shape index (κ3) is 9.08. The Bertz CT molecular complexity index is 1070. The van der Waals surface area contributed by atoms with Crippen molar-refractivity contribution < 1.29 is 23.9 Å². The molecular formula is C24H31ClN6O5. The fraction of sp³-hybridized carbons (Fsp3) is 0.333. The van der Waals surface area contributed by atoms with E-state index >= 15 is 0 Å². The van der Waals surface area contributed by atoms with Crippen LogP contribution in [0.4, 0.5) is 4.79 Å². The van der Waals surface area contributed by atoms with Gasteiger partial charge in [-0.3, -0.25) is 19.8 Å². The van der Waals surface area contributed by atoms with Crippen molar-refractivity contribution in [3.8, 4) is 5.75 Å². The number of hydrazine groups is 1. The van der Waals surface area contributed by atoms with E-state index in [4.69, 9.17) is 27.8 Å². The molecule has 194 valence electrons. The lowest BCUT2D eigenvalue weighted by Crippen LogP contribution is -2.58. The predicted octanol–water partition coefficient (Wildman–Crippen LogP) is 0.540. The van der Waals surface area contributed by atoms with Gasteiger partial charge in [-0.15, -0.1) is 0 Å². The van der Waals surface area contributed by atoms with Crippen molar-refractivity contribution in [3.63, 3.8) is 0 Å². The summed E-state index contributed by atoms with van der Waals surface area (Å²) in [5, 5.41) is 5.60. The second-order valence-corrected chi connectivity index (χ2v) is 8.44. The molecular weight excluding hydrogens is 488 g/mol. The zero-order valence-corrected chi connectivity index (χ0v) is 20.8. The fourth-order valence-electron chi connectivity index (χ4n) is 3.19. The first-order valence-corrected chi connectivity index (χ1v) is 11.6. The molecule has 2 aromatic carbocycles. The van der Waals surface area contributed by atoms with E-state index in [0.29, 0.717) is 28.3 Å². The van der Waals surface area contributed by atoms with Gasteiger partial charge in [0.05, 0.1) is 13.2 Å². The van der Waals surface area contributed by atoms with Gasteiger partial charge in [-0.05, 0) is 41.8 Å². The topological polar surface area (TPSA) is 178 Å². The Labute approximate surface area is 214 Å². The van der Waals surface area contributed by atoms with Gasteiger partial charge in [0.15, 0.2) is 0 Å². The summed E-state index contributed by atoms with van der Waals surface area (Å²) < 4.78 is 5.19. The highest BCUT2D eigenvalue weighted by atomic mass is 35.5. The van der Waals surface area contributed by atoms with E-state index in [-0.39, 0.29) is 12.8 Å². The number of urea groups is 1. The van der Waals surface area contributed by atoms with Gasteiger partial charge in [-0.1, -0.05) is 42.8 Å². The van der Waals surface area contributed by atoms with Crippen LogP contribution in [0.1, 0.15) is 24.5 Å². The highest BCUT2D eigenvalue weighted by molar-refractivity contribution is 6.30. The van der Waals surface area contributed by atoms with Crippen LogP contribution in [0.3, 0.4) is 0 Å². The number of nitrogens with one attached hydrogen (secondary N) is 4. The van der Waals surface area contributed by atoms with Crippen molar-refractivity contribution in [1.29, 1.82) is 0 Å². The third-order valence-electron chi connectivity index (χ3n) is 5.28. The Morgan fingerprint density at radius 3 is 2.19 bits per heavy atom. The van der Waals surface area contributed by atoms with Gasteiger partial charge in [0.2, 0.25) is 11.8 Å². The molecule has 5 amide bonds. The van der Waals surface area contributed by atoms with E-state index in [2.05, 4.69) is 21.5 Å². The van der Waals surface area contributed by atoms with Gasteiger partial charge in [-0.25, -0.2) is 10.2 Å². The standard InChI is InChI=1S/C24H31ClN6O5/c1-3-18(26)22(33)30-31-24(35)29-20(12-14-7-9-16(25)10-8-14)23(34)28-19(21(27)32)13-15-5-4-6-17(11-15)36-2/h4-11,18-20H,3,12-13,26H2,1-2H3,(H2,27,32)(H,28,34)(H,30,33)(H2,29,31,35)/t18-,19-,20-/m0/s1. The number of halogens is 1. The zero-order valence-electron chi connectivity index (χ0n) is 20.0. The number of carbonyl (C=O) groups excluding carboxylic acids is 4. The van der Waals surface area contributed by atoms with E-state index in [9.17, 15) is 19.2 Å². The SMILES string of the molecule is CC[C@H](N)C(=O)NNC(=O)N[C@@H](Cc1ccc(Cl)cc1)C(=O)N[C@@H](Cc1cccc(OC)c1)C(N)=O. The summed E-state index contributed by atoms with van der Waals surface area (Å²) in [5.41, 5.74) is 16.9. The molecule has 0 unspecified atom stereocenters. The smallest absolute Gasteiger partial charge is 0.334 e. The minimum Gasteiger partial charge on any atom is -0.497 e. The maximum Gasteiger partial charge on any atom is 0.334 e. The van der Waals surface area contributed by atoms with Gasteiger partial charge in [0, 0.05) is 17.9 Å². The van der Waals surface area contributed by atoms with Crippen LogP contribution in [0, 0.1) is 0 Å². The first-order chi connectivity index (χ1) is 17.1. The van der Waals surface area contributed by atoms with Crippen molar-refractivity contribution in [2.45, 2.75) is 44.3 Å². The van der Waals surface area contributed by atoms with Crippen LogP contribution in [0.15, 0.2) is 48.5 Å². The monoisotopic (exact) mass is 518 g/mol. The number of amides is 5. The Balaban J connectivity index is 2.15. The lowest BCUT2D eigenvalue weighted by atomic mass is 10.0. The summed E-state index contributed by atoms with van der Waals surface area (Å²) in [6.07, 6.45) is 0.561. The van der Waals surface area contributed by atoms with Crippen molar-refractivity contribution in [2.75, 3.05) is 7.11 Å². The maximum atomic E-state index is 13.2. The number of benzene rings is 2. The second-order valence-electron chi connectivity index (χ2n) is 8.00. The van der Waals surface area contributed by atoms with Crippen LogP contribution in [-0.2, 0) is 27.2 Å². The van der Waals surface area contributed by atoms with Crippen molar-refractivity contribution in [1.82, 2.24) is 21.5 Å². The molecule has 0 aliphatic rings. The predicted molar refractivity (Wildman–Crippen MR) is 135 cm³/mol. The van der Waals surface area contributed by atoms with Gasteiger partial charge in [0.1, 0.15) is 17.8 Å². The van der Waals surface area contributed by atoms with Crippen LogP contribution >= 0.6 is 11.6 Å². The van der Waals surface area contributed by atoms with Crippen molar-refractivity contribution in [3.05, 3.63) is 64.7 Å². The molecule has 0 spiro atoms. The molecule has 0 saturated carbocycles. The number of methoxy groups -OCH3 is 1. The molecule has 12 heteroatoms. The Kier molecular flexibility index (Phi) is 11.0. The van der Waals surface area contributed by atoms with Gasteiger partial charge in [-0.2, -0.15) is 0 Å². The van der Waals surface area contributed by atoms with Gasteiger partial charge >= 0.3 is 6.03 Å². The van der Waals surface area contributed by atoms with Crippen LogP contribution in [-0.4, -0.2) is 49.0 Å². The summed E-state index contributed by atoms with van der Waals surface area (Å²) in [6, 6.07) is 9.88. The van der Waals surface area contributed by atoms with Crippen LogP contribution in [0.5, 0.6) is 5.75 Å². The summed E-state index contributed by atoms with van der Waals surface area (Å²) in [4.78, 5) is 49.5. The quantitative estimate of drug-likeness (QED) is 0.236. The molecule has 8 N–H and O–H groups in total. The van der Waals surface area contributed by atoms with Crippen molar-refractivity contribution >= 4 is 35.4 Å². The first-order valence-electron chi connectivity index (χ1n) is 11.2. The highest BCUT2D eigenvalue weighted by Crippen LogP contribution is 2.15. The average molecular weight is 519 g/mol. The third-order valence-corrected chi connectivity index (χ3v) is 5.54. The number of primary amides is 1. The summed E-state index contributed by atoms with van der Waals surface area (Å²) in [5.74, 6) is -1.39. The molecule has 0 saturated heterocycles. The molecule has 0 heterocycles. The minimum absolute atomic E-state index is 0.0729.